The van der Waals surface area contributed by atoms with Gasteiger partial charge in [0.05, 0.1) is 26.1 Å². The highest BCUT2D eigenvalue weighted by atomic mass is 16.5. The molecule has 0 atom stereocenters. The van der Waals surface area contributed by atoms with Crippen molar-refractivity contribution in [3.8, 4) is 11.5 Å². The second kappa shape index (κ2) is 3.65. The largest absolute Gasteiger partial charge is 0.496 e. The van der Waals surface area contributed by atoms with Crippen LogP contribution in [0, 0.1) is 0 Å². The molecule has 1 aromatic heterocycles. The normalized spacial score (nSPS) is 10.3. The molecule has 0 unspecified atom stereocenters. The minimum Gasteiger partial charge on any atom is -0.496 e. The highest BCUT2D eigenvalue weighted by Gasteiger charge is 2.08. The summed E-state index contributed by atoms with van der Waals surface area (Å²) in [6.07, 6.45) is 1.60. The summed E-state index contributed by atoms with van der Waals surface area (Å²) < 4.78 is 10.4. The van der Waals surface area contributed by atoms with Crippen LogP contribution < -0.4 is 15.2 Å². The number of ether oxygens (including phenoxy) is 2. The van der Waals surface area contributed by atoms with Crippen molar-refractivity contribution in [1.82, 2.24) is 4.98 Å². The number of rotatable bonds is 2. The number of benzene rings is 1. The fourth-order valence-corrected chi connectivity index (χ4v) is 1.53. The van der Waals surface area contributed by atoms with E-state index in [1.807, 2.05) is 18.2 Å². The Hall–Kier alpha value is -1.97. The van der Waals surface area contributed by atoms with Gasteiger partial charge >= 0.3 is 0 Å². The lowest BCUT2D eigenvalue weighted by molar-refractivity contribution is 0.410. The number of pyridine rings is 1. The molecule has 4 nitrogen and oxygen atoms in total. The Balaban J connectivity index is 2.80. The summed E-state index contributed by atoms with van der Waals surface area (Å²) in [6, 6.07) is 5.48. The Morgan fingerprint density at radius 3 is 2.47 bits per heavy atom. The molecule has 4 heteroatoms. The van der Waals surface area contributed by atoms with Crippen molar-refractivity contribution in [1.29, 1.82) is 0 Å². The van der Waals surface area contributed by atoms with Gasteiger partial charge in [0.15, 0.2) is 0 Å². The molecule has 0 aliphatic rings. The lowest BCUT2D eigenvalue weighted by atomic mass is 10.2. The maximum absolute atomic E-state index is 5.68. The first-order chi connectivity index (χ1) is 7.26. The van der Waals surface area contributed by atoms with Crippen molar-refractivity contribution in [2.45, 2.75) is 0 Å². The van der Waals surface area contributed by atoms with Crippen LogP contribution in [0.25, 0.3) is 10.9 Å². The number of anilines is 1. The van der Waals surface area contributed by atoms with E-state index in [0.717, 1.165) is 16.7 Å². The summed E-state index contributed by atoms with van der Waals surface area (Å²) in [5, 5.41) is 0.858. The van der Waals surface area contributed by atoms with Gasteiger partial charge in [-0.1, -0.05) is 0 Å². The van der Waals surface area contributed by atoms with Crippen LogP contribution in [0.4, 0.5) is 5.69 Å². The zero-order chi connectivity index (χ0) is 10.8. The van der Waals surface area contributed by atoms with E-state index in [-0.39, 0.29) is 0 Å². The number of fused-ring (bicyclic) bond motifs is 1. The molecule has 0 saturated carbocycles. The van der Waals surface area contributed by atoms with Gasteiger partial charge in [-0.3, -0.25) is 4.98 Å². The number of hydrogen-bond acceptors (Lipinski definition) is 4. The van der Waals surface area contributed by atoms with E-state index in [0.29, 0.717) is 11.4 Å². The van der Waals surface area contributed by atoms with Crippen LogP contribution in [0.5, 0.6) is 11.5 Å². The van der Waals surface area contributed by atoms with Crippen molar-refractivity contribution in [2.75, 3.05) is 20.0 Å². The summed E-state index contributed by atoms with van der Waals surface area (Å²) >= 11 is 0. The predicted octanol–water partition coefficient (Wildman–Crippen LogP) is 1.83. The lowest BCUT2D eigenvalue weighted by Crippen LogP contribution is -1.93. The molecule has 0 aliphatic heterocycles. The predicted molar refractivity (Wildman–Crippen MR) is 59.3 cm³/mol. The van der Waals surface area contributed by atoms with Gasteiger partial charge in [0.2, 0.25) is 0 Å². The molecule has 0 radical (unpaired) electrons. The highest BCUT2D eigenvalue weighted by Crippen LogP contribution is 2.32. The third-order valence-corrected chi connectivity index (χ3v) is 2.23. The smallest absolute Gasteiger partial charge is 0.145 e. The quantitative estimate of drug-likeness (QED) is 0.810. The van der Waals surface area contributed by atoms with E-state index < -0.39 is 0 Å². The second-order valence-corrected chi connectivity index (χ2v) is 3.13. The summed E-state index contributed by atoms with van der Waals surface area (Å²) in [6.45, 7) is 0. The van der Waals surface area contributed by atoms with E-state index in [9.17, 15) is 0 Å². The van der Waals surface area contributed by atoms with Gasteiger partial charge in [0.1, 0.15) is 17.0 Å². The molecule has 0 aliphatic carbocycles. The van der Waals surface area contributed by atoms with Gasteiger partial charge in [-0.05, 0) is 18.2 Å². The summed E-state index contributed by atoms with van der Waals surface area (Å²) in [5.41, 5.74) is 7.04. The molecule has 0 bridgehead atoms. The number of hydrogen-bond donors (Lipinski definition) is 1. The monoisotopic (exact) mass is 204 g/mol. The molecule has 78 valence electrons. The van der Waals surface area contributed by atoms with E-state index >= 15 is 0 Å². The highest BCUT2D eigenvalue weighted by molar-refractivity contribution is 5.91. The molecular weight excluding hydrogens is 192 g/mol. The summed E-state index contributed by atoms with van der Waals surface area (Å²) in [7, 11) is 3.23. The zero-order valence-corrected chi connectivity index (χ0v) is 8.65. The number of nitrogens with zero attached hydrogens (tertiary/aromatic N) is 1. The Morgan fingerprint density at radius 2 is 1.80 bits per heavy atom. The molecule has 2 N–H and O–H groups in total. The van der Waals surface area contributed by atoms with Gasteiger partial charge in [-0.15, -0.1) is 0 Å². The SMILES string of the molecule is COc1ccc(OC)c2ncc(N)cc12. The molecule has 1 heterocycles. The number of nitrogens with two attached hydrogens (primary N) is 1. The third-order valence-electron chi connectivity index (χ3n) is 2.23. The van der Waals surface area contributed by atoms with Crippen LogP contribution in [0.1, 0.15) is 0 Å². The zero-order valence-electron chi connectivity index (χ0n) is 8.65. The molecule has 0 saturated heterocycles. The van der Waals surface area contributed by atoms with E-state index in [2.05, 4.69) is 4.98 Å². The van der Waals surface area contributed by atoms with E-state index in [1.54, 1.807) is 20.4 Å². The van der Waals surface area contributed by atoms with Crippen molar-refractivity contribution >= 4 is 16.6 Å². The van der Waals surface area contributed by atoms with Gasteiger partial charge in [-0.2, -0.15) is 0 Å². The molecule has 1 aromatic carbocycles. The molecule has 0 fully saturated rings. The van der Waals surface area contributed by atoms with Crippen molar-refractivity contribution in [3.05, 3.63) is 24.4 Å². The topological polar surface area (TPSA) is 57.4 Å². The Bertz CT molecular complexity index is 497. The minimum absolute atomic E-state index is 0.606. The van der Waals surface area contributed by atoms with Gasteiger partial charge < -0.3 is 15.2 Å². The van der Waals surface area contributed by atoms with E-state index in [1.165, 1.54) is 0 Å². The molecule has 0 spiro atoms. The Labute approximate surface area is 87.6 Å². The minimum atomic E-state index is 0.606. The number of nitrogen functional groups attached to an aromatic ring is 1. The van der Waals surface area contributed by atoms with Crippen LogP contribution in [0.2, 0.25) is 0 Å². The van der Waals surface area contributed by atoms with Crippen LogP contribution in [-0.2, 0) is 0 Å². The first-order valence-corrected chi connectivity index (χ1v) is 4.52. The first-order valence-electron chi connectivity index (χ1n) is 4.52. The standard InChI is InChI=1S/C11H12N2O2/c1-14-9-3-4-10(15-2)11-8(9)5-7(12)6-13-11/h3-6H,12H2,1-2H3. The molecule has 2 rings (SSSR count). The van der Waals surface area contributed by atoms with Crippen LogP contribution in [0.15, 0.2) is 24.4 Å². The molecule has 15 heavy (non-hydrogen) atoms. The number of aromatic nitrogens is 1. The maximum Gasteiger partial charge on any atom is 0.145 e. The van der Waals surface area contributed by atoms with Gasteiger partial charge in [0.25, 0.3) is 0 Å². The second-order valence-electron chi connectivity index (χ2n) is 3.13. The third kappa shape index (κ3) is 1.54. The average Bonchev–Trinajstić information content (AvgIpc) is 2.27. The Morgan fingerprint density at radius 1 is 1.13 bits per heavy atom. The van der Waals surface area contributed by atoms with Crippen LogP contribution in [-0.4, -0.2) is 19.2 Å². The summed E-state index contributed by atoms with van der Waals surface area (Å²) in [5.74, 6) is 1.46. The van der Waals surface area contributed by atoms with Crippen LogP contribution >= 0.6 is 0 Å². The van der Waals surface area contributed by atoms with Crippen LogP contribution in [0.3, 0.4) is 0 Å². The van der Waals surface area contributed by atoms with Crippen molar-refractivity contribution < 1.29 is 9.47 Å². The molecule has 2 aromatic rings. The van der Waals surface area contributed by atoms with Crippen molar-refractivity contribution in [2.24, 2.45) is 0 Å². The fourth-order valence-electron chi connectivity index (χ4n) is 1.53. The van der Waals surface area contributed by atoms with Crippen molar-refractivity contribution in [3.63, 3.8) is 0 Å². The maximum atomic E-state index is 5.68. The lowest BCUT2D eigenvalue weighted by Gasteiger charge is -2.08. The van der Waals surface area contributed by atoms with Gasteiger partial charge in [0, 0.05) is 5.39 Å². The summed E-state index contributed by atoms with van der Waals surface area (Å²) in [4.78, 5) is 4.23. The average molecular weight is 204 g/mol. The molecule has 0 amide bonds. The van der Waals surface area contributed by atoms with E-state index in [4.69, 9.17) is 15.2 Å². The Kier molecular flexibility index (Phi) is 2.33. The fraction of sp³-hybridized carbons (Fsp3) is 0.182. The number of methoxy groups -OCH3 is 2. The first kappa shape index (κ1) is 9.58. The molecular formula is C11H12N2O2. The van der Waals surface area contributed by atoms with Gasteiger partial charge in [-0.25, -0.2) is 0 Å².